The second-order valence-corrected chi connectivity index (χ2v) is 4.78. The third kappa shape index (κ3) is 3.09. The molecule has 1 atom stereocenters. The second kappa shape index (κ2) is 5.67. The van der Waals surface area contributed by atoms with Crippen molar-refractivity contribution in [2.45, 2.75) is 25.5 Å². The van der Waals surface area contributed by atoms with Crippen molar-refractivity contribution in [3.8, 4) is 0 Å². The van der Waals surface area contributed by atoms with Crippen LogP contribution in [0.3, 0.4) is 0 Å². The first-order chi connectivity index (χ1) is 8.20. The van der Waals surface area contributed by atoms with E-state index < -0.39 is 0 Å². The number of aromatic nitrogens is 1. The van der Waals surface area contributed by atoms with Gasteiger partial charge in [0.1, 0.15) is 5.82 Å². The molecule has 2 heterocycles. The summed E-state index contributed by atoms with van der Waals surface area (Å²) in [5.41, 5.74) is 6.49. The minimum Gasteiger partial charge on any atom is -0.376 e. The van der Waals surface area contributed by atoms with Crippen LogP contribution in [0.15, 0.2) is 12.3 Å². The molecule has 17 heavy (non-hydrogen) atoms. The van der Waals surface area contributed by atoms with E-state index in [2.05, 4.69) is 4.98 Å². The highest BCUT2D eigenvalue weighted by Gasteiger charge is 2.19. The number of rotatable bonds is 4. The van der Waals surface area contributed by atoms with Crippen LogP contribution in [0.2, 0.25) is 5.02 Å². The van der Waals surface area contributed by atoms with Gasteiger partial charge < -0.3 is 15.4 Å². The molecule has 0 aromatic carbocycles. The molecule has 1 aromatic rings. The monoisotopic (exact) mass is 255 g/mol. The Kier molecular flexibility index (Phi) is 4.20. The van der Waals surface area contributed by atoms with Gasteiger partial charge in [-0.05, 0) is 24.5 Å². The van der Waals surface area contributed by atoms with Crippen LogP contribution in [0, 0.1) is 0 Å². The van der Waals surface area contributed by atoms with E-state index in [0.29, 0.717) is 17.7 Å². The third-order valence-corrected chi connectivity index (χ3v) is 3.26. The fourth-order valence-electron chi connectivity index (χ4n) is 2.04. The number of nitrogens with two attached hydrogens (primary N) is 1. The van der Waals surface area contributed by atoms with E-state index in [-0.39, 0.29) is 0 Å². The van der Waals surface area contributed by atoms with Crippen molar-refractivity contribution in [1.29, 1.82) is 0 Å². The zero-order chi connectivity index (χ0) is 12.3. The Labute approximate surface area is 107 Å². The summed E-state index contributed by atoms with van der Waals surface area (Å²) < 4.78 is 5.60. The number of pyridine rings is 1. The van der Waals surface area contributed by atoms with Crippen molar-refractivity contribution in [3.63, 3.8) is 0 Å². The maximum absolute atomic E-state index is 6.19. The van der Waals surface area contributed by atoms with Crippen LogP contribution in [0.4, 0.5) is 5.82 Å². The lowest BCUT2D eigenvalue weighted by Crippen LogP contribution is -2.29. The largest absolute Gasteiger partial charge is 0.376 e. The van der Waals surface area contributed by atoms with Crippen LogP contribution < -0.4 is 10.6 Å². The average molecular weight is 256 g/mol. The maximum Gasteiger partial charge on any atom is 0.147 e. The molecule has 1 fully saturated rings. The Hall–Kier alpha value is -0.840. The molecule has 1 aromatic heterocycles. The zero-order valence-electron chi connectivity index (χ0n) is 10.0. The molecule has 2 N–H and O–H groups in total. The Balaban J connectivity index is 2.04. The van der Waals surface area contributed by atoms with Gasteiger partial charge in [-0.1, -0.05) is 11.6 Å². The summed E-state index contributed by atoms with van der Waals surface area (Å²) in [4.78, 5) is 6.39. The van der Waals surface area contributed by atoms with Gasteiger partial charge in [0.2, 0.25) is 0 Å². The Bertz CT molecular complexity index is 380. The molecule has 0 amide bonds. The quantitative estimate of drug-likeness (QED) is 0.892. The Morgan fingerprint density at radius 3 is 3.06 bits per heavy atom. The fourth-order valence-corrected chi connectivity index (χ4v) is 2.38. The summed E-state index contributed by atoms with van der Waals surface area (Å²) in [6, 6.07) is 1.87. The molecule has 2 rings (SSSR count). The van der Waals surface area contributed by atoms with Gasteiger partial charge in [0, 0.05) is 32.9 Å². The van der Waals surface area contributed by atoms with Gasteiger partial charge >= 0.3 is 0 Å². The first-order valence-corrected chi connectivity index (χ1v) is 6.25. The van der Waals surface area contributed by atoms with E-state index >= 15 is 0 Å². The van der Waals surface area contributed by atoms with Gasteiger partial charge in [0.15, 0.2) is 0 Å². The highest BCUT2D eigenvalue weighted by Crippen LogP contribution is 2.24. The topological polar surface area (TPSA) is 51.4 Å². The van der Waals surface area contributed by atoms with Crippen LogP contribution in [0.1, 0.15) is 18.4 Å². The van der Waals surface area contributed by atoms with E-state index in [1.807, 2.05) is 18.0 Å². The molecule has 1 unspecified atom stereocenters. The van der Waals surface area contributed by atoms with Crippen molar-refractivity contribution in [2.24, 2.45) is 5.73 Å². The van der Waals surface area contributed by atoms with Crippen molar-refractivity contribution < 1.29 is 4.74 Å². The predicted octanol–water partition coefficient (Wildman–Crippen LogP) is 1.81. The molecule has 0 bridgehead atoms. The molecular weight excluding hydrogens is 238 g/mol. The lowest BCUT2D eigenvalue weighted by atomic mass is 10.2. The van der Waals surface area contributed by atoms with Gasteiger partial charge in [0.25, 0.3) is 0 Å². The summed E-state index contributed by atoms with van der Waals surface area (Å²) in [6.45, 7) is 2.16. The number of nitrogens with zero attached hydrogens (tertiary/aromatic N) is 2. The van der Waals surface area contributed by atoms with Gasteiger partial charge in [-0.3, -0.25) is 0 Å². The predicted molar refractivity (Wildman–Crippen MR) is 69.4 cm³/mol. The molecule has 0 radical (unpaired) electrons. The summed E-state index contributed by atoms with van der Waals surface area (Å²) in [5, 5.41) is 0.647. The van der Waals surface area contributed by atoms with Gasteiger partial charge in [0.05, 0.1) is 11.1 Å². The maximum atomic E-state index is 6.19. The van der Waals surface area contributed by atoms with Gasteiger partial charge in [-0.2, -0.15) is 0 Å². The number of likely N-dealkylation sites (N-methyl/N-ethyl adjacent to an activating group) is 1. The van der Waals surface area contributed by atoms with Crippen molar-refractivity contribution in [2.75, 3.05) is 25.1 Å². The molecular formula is C12H18ClN3O. The number of hydrogen-bond donors (Lipinski definition) is 1. The SMILES string of the molecule is CN(CC1CCCO1)c1ncc(CN)cc1Cl. The summed E-state index contributed by atoms with van der Waals surface area (Å²) in [7, 11) is 1.98. The molecule has 0 spiro atoms. The van der Waals surface area contributed by atoms with E-state index in [9.17, 15) is 0 Å². The lowest BCUT2D eigenvalue weighted by Gasteiger charge is -2.22. The van der Waals surface area contributed by atoms with Crippen molar-refractivity contribution >= 4 is 17.4 Å². The van der Waals surface area contributed by atoms with Crippen LogP contribution in [0.25, 0.3) is 0 Å². The smallest absolute Gasteiger partial charge is 0.147 e. The molecule has 1 aliphatic rings. The highest BCUT2D eigenvalue weighted by atomic mass is 35.5. The van der Waals surface area contributed by atoms with Crippen LogP contribution in [-0.2, 0) is 11.3 Å². The van der Waals surface area contributed by atoms with Crippen LogP contribution in [-0.4, -0.2) is 31.3 Å². The zero-order valence-corrected chi connectivity index (χ0v) is 10.8. The van der Waals surface area contributed by atoms with E-state index in [1.165, 1.54) is 0 Å². The standard InChI is InChI=1S/C12H18ClN3O/c1-16(8-10-3-2-4-17-10)12-11(13)5-9(6-14)7-15-12/h5,7,10H,2-4,6,8,14H2,1H3. The van der Waals surface area contributed by atoms with Gasteiger partial charge in [-0.15, -0.1) is 0 Å². The first-order valence-electron chi connectivity index (χ1n) is 5.88. The second-order valence-electron chi connectivity index (χ2n) is 4.37. The molecule has 0 saturated carbocycles. The fraction of sp³-hybridized carbons (Fsp3) is 0.583. The molecule has 0 aliphatic carbocycles. The van der Waals surface area contributed by atoms with Crippen LogP contribution in [0.5, 0.6) is 0 Å². The Morgan fingerprint density at radius 1 is 1.65 bits per heavy atom. The average Bonchev–Trinajstić information content (AvgIpc) is 2.81. The minimum atomic E-state index is 0.298. The summed E-state index contributed by atoms with van der Waals surface area (Å²) >= 11 is 6.19. The highest BCUT2D eigenvalue weighted by molar-refractivity contribution is 6.33. The van der Waals surface area contributed by atoms with Crippen LogP contribution >= 0.6 is 11.6 Å². The van der Waals surface area contributed by atoms with E-state index in [1.54, 1.807) is 6.20 Å². The minimum absolute atomic E-state index is 0.298. The number of hydrogen-bond acceptors (Lipinski definition) is 4. The van der Waals surface area contributed by atoms with E-state index in [0.717, 1.165) is 37.4 Å². The first kappa shape index (κ1) is 12.6. The molecule has 94 valence electrons. The third-order valence-electron chi connectivity index (χ3n) is 2.98. The van der Waals surface area contributed by atoms with Crippen molar-refractivity contribution in [1.82, 2.24) is 4.98 Å². The number of halogens is 1. The normalized spacial score (nSPS) is 19.6. The molecule has 4 nitrogen and oxygen atoms in total. The Morgan fingerprint density at radius 2 is 2.47 bits per heavy atom. The van der Waals surface area contributed by atoms with Gasteiger partial charge in [-0.25, -0.2) is 4.98 Å². The molecule has 1 aliphatic heterocycles. The summed E-state index contributed by atoms with van der Waals surface area (Å²) in [5.74, 6) is 0.791. The molecule has 5 heteroatoms. The number of anilines is 1. The van der Waals surface area contributed by atoms with E-state index in [4.69, 9.17) is 22.1 Å². The van der Waals surface area contributed by atoms with Crippen molar-refractivity contribution in [3.05, 3.63) is 22.8 Å². The number of ether oxygens (including phenoxy) is 1. The summed E-state index contributed by atoms with van der Waals surface area (Å²) in [6.07, 6.45) is 4.33. The molecule has 1 saturated heterocycles. The lowest BCUT2D eigenvalue weighted by molar-refractivity contribution is 0.116.